The van der Waals surface area contributed by atoms with Gasteiger partial charge in [0.2, 0.25) is 0 Å². The van der Waals surface area contributed by atoms with E-state index in [0.29, 0.717) is 23.4 Å². The van der Waals surface area contributed by atoms with E-state index in [4.69, 9.17) is 5.73 Å². The molecule has 2 N–H and O–H groups in total. The molecule has 110 valence electrons. The number of aromatic nitrogens is 2. The fraction of sp³-hybridized carbons (Fsp3) is 0.333. The van der Waals surface area contributed by atoms with Crippen LogP contribution in [-0.4, -0.2) is 39.7 Å². The van der Waals surface area contributed by atoms with Gasteiger partial charge >= 0.3 is 0 Å². The van der Waals surface area contributed by atoms with Crippen LogP contribution < -0.4 is 5.73 Å². The molecule has 1 aliphatic rings. The number of hydrogen-bond acceptors (Lipinski definition) is 3. The van der Waals surface area contributed by atoms with Gasteiger partial charge in [-0.2, -0.15) is 5.10 Å². The minimum Gasteiger partial charge on any atom is -0.336 e. The first kappa shape index (κ1) is 14.3. The van der Waals surface area contributed by atoms with Crippen molar-refractivity contribution < 1.29 is 4.79 Å². The number of benzene rings is 1. The minimum atomic E-state index is -0.0262. The second-order valence-corrected chi connectivity index (χ2v) is 6.21. The smallest absolute Gasteiger partial charge is 0.272 e. The highest BCUT2D eigenvalue weighted by atomic mass is 79.9. The molecule has 3 rings (SSSR count). The van der Waals surface area contributed by atoms with Gasteiger partial charge < -0.3 is 10.6 Å². The number of carbonyl (C=O) groups excluding carboxylic acids is 1. The van der Waals surface area contributed by atoms with E-state index in [-0.39, 0.29) is 11.9 Å². The Hall–Kier alpha value is -1.66. The molecule has 6 heteroatoms. The second-order valence-electron chi connectivity index (χ2n) is 5.40. The molecule has 1 amide bonds. The fourth-order valence-corrected chi connectivity index (χ4v) is 2.90. The van der Waals surface area contributed by atoms with Gasteiger partial charge in [0, 0.05) is 25.2 Å². The average Bonchev–Trinajstić information content (AvgIpc) is 3.05. The Morgan fingerprint density at radius 1 is 1.38 bits per heavy atom. The first-order chi connectivity index (χ1) is 10.0. The summed E-state index contributed by atoms with van der Waals surface area (Å²) in [6.45, 7) is 3.34. The molecule has 1 aliphatic heterocycles. The van der Waals surface area contributed by atoms with Crippen LogP contribution >= 0.6 is 15.9 Å². The zero-order chi connectivity index (χ0) is 15.0. The maximum atomic E-state index is 12.7. The number of carbonyl (C=O) groups is 1. The van der Waals surface area contributed by atoms with Gasteiger partial charge in [-0.3, -0.25) is 4.79 Å². The van der Waals surface area contributed by atoms with Crippen LogP contribution in [0.2, 0.25) is 0 Å². The summed E-state index contributed by atoms with van der Waals surface area (Å²) in [4.78, 5) is 14.4. The molecule has 0 radical (unpaired) electrons. The lowest BCUT2D eigenvalue weighted by molar-refractivity contribution is 0.0782. The highest BCUT2D eigenvalue weighted by molar-refractivity contribution is 9.10. The highest BCUT2D eigenvalue weighted by Crippen LogP contribution is 2.20. The standard InChI is InChI=1S/C15H17BrN4O/c1-10-2-4-12(5-3-10)20-13(8-14(16)18-20)15(21)19-7-6-11(17)9-19/h2-5,8,11H,6-7,9,17H2,1H3/t11-/m1/s1. The predicted octanol–water partition coefficient (Wildman–Crippen LogP) is 2.12. The molecule has 1 atom stereocenters. The first-order valence-electron chi connectivity index (χ1n) is 6.92. The molecule has 0 bridgehead atoms. The molecule has 0 aliphatic carbocycles. The number of aryl methyl sites for hydroxylation is 1. The molecule has 1 fully saturated rings. The van der Waals surface area contributed by atoms with E-state index in [1.807, 2.05) is 31.2 Å². The molecule has 0 spiro atoms. The summed E-state index contributed by atoms with van der Waals surface area (Å²) < 4.78 is 2.32. The van der Waals surface area contributed by atoms with Crippen molar-refractivity contribution in [1.82, 2.24) is 14.7 Å². The van der Waals surface area contributed by atoms with Crippen LogP contribution in [0.1, 0.15) is 22.5 Å². The largest absolute Gasteiger partial charge is 0.336 e. The van der Waals surface area contributed by atoms with Crippen LogP contribution in [0.5, 0.6) is 0 Å². The SMILES string of the molecule is Cc1ccc(-n2nc(Br)cc2C(=O)N2CC[C@@H](N)C2)cc1. The number of nitrogens with two attached hydrogens (primary N) is 1. The van der Waals surface area contributed by atoms with Crippen molar-refractivity contribution in [3.8, 4) is 5.69 Å². The van der Waals surface area contributed by atoms with Gasteiger partial charge in [-0.05, 0) is 41.4 Å². The molecule has 2 aromatic rings. The lowest BCUT2D eigenvalue weighted by atomic mass is 10.2. The van der Waals surface area contributed by atoms with E-state index in [9.17, 15) is 4.79 Å². The predicted molar refractivity (Wildman–Crippen MR) is 84.5 cm³/mol. The van der Waals surface area contributed by atoms with Crippen molar-refractivity contribution >= 4 is 21.8 Å². The van der Waals surface area contributed by atoms with Crippen molar-refractivity contribution in [3.63, 3.8) is 0 Å². The quantitative estimate of drug-likeness (QED) is 0.903. The van der Waals surface area contributed by atoms with Crippen molar-refractivity contribution in [2.45, 2.75) is 19.4 Å². The van der Waals surface area contributed by atoms with E-state index in [1.54, 1.807) is 15.6 Å². The Balaban J connectivity index is 1.96. The van der Waals surface area contributed by atoms with Crippen molar-refractivity contribution in [3.05, 3.63) is 46.2 Å². The zero-order valence-corrected chi connectivity index (χ0v) is 13.4. The summed E-state index contributed by atoms with van der Waals surface area (Å²) >= 11 is 3.36. The molecule has 2 heterocycles. The van der Waals surface area contributed by atoms with E-state index in [0.717, 1.165) is 12.1 Å². The van der Waals surface area contributed by atoms with Gasteiger partial charge in [0.15, 0.2) is 0 Å². The van der Waals surface area contributed by atoms with Gasteiger partial charge in [-0.25, -0.2) is 4.68 Å². The van der Waals surface area contributed by atoms with Crippen LogP contribution in [0.15, 0.2) is 34.9 Å². The van der Waals surface area contributed by atoms with Crippen molar-refractivity contribution in [1.29, 1.82) is 0 Å². The van der Waals surface area contributed by atoms with Gasteiger partial charge in [0.1, 0.15) is 10.3 Å². The second kappa shape index (κ2) is 5.61. The molecule has 0 unspecified atom stereocenters. The fourth-order valence-electron chi connectivity index (χ4n) is 2.52. The average molecular weight is 349 g/mol. The van der Waals surface area contributed by atoms with Crippen LogP contribution in [0.25, 0.3) is 5.69 Å². The van der Waals surface area contributed by atoms with Crippen molar-refractivity contribution in [2.75, 3.05) is 13.1 Å². The molecular formula is C15H17BrN4O. The Kier molecular flexibility index (Phi) is 3.82. The first-order valence-corrected chi connectivity index (χ1v) is 7.71. The lowest BCUT2D eigenvalue weighted by Gasteiger charge is -2.16. The Morgan fingerprint density at radius 3 is 2.71 bits per heavy atom. The number of nitrogens with zero attached hydrogens (tertiary/aromatic N) is 3. The minimum absolute atomic E-state index is 0.0262. The zero-order valence-electron chi connectivity index (χ0n) is 11.8. The van der Waals surface area contributed by atoms with Crippen LogP contribution in [-0.2, 0) is 0 Å². The topological polar surface area (TPSA) is 64.2 Å². The van der Waals surface area contributed by atoms with Crippen LogP contribution in [0.4, 0.5) is 0 Å². The van der Waals surface area contributed by atoms with Crippen LogP contribution in [0.3, 0.4) is 0 Å². The third kappa shape index (κ3) is 2.87. The van der Waals surface area contributed by atoms with Gasteiger partial charge in [0.25, 0.3) is 5.91 Å². The molecule has 1 saturated heterocycles. The summed E-state index contributed by atoms with van der Waals surface area (Å²) in [5.41, 5.74) is 8.48. The van der Waals surface area contributed by atoms with E-state index in [2.05, 4.69) is 21.0 Å². The maximum absolute atomic E-state index is 12.7. The lowest BCUT2D eigenvalue weighted by Crippen LogP contribution is -2.33. The number of amides is 1. The number of hydrogen-bond donors (Lipinski definition) is 1. The summed E-state index contributed by atoms with van der Waals surface area (Å²) in [5.74, 6) is -0.0262. The third-order valence-corrected chi connectivity index (χ3v) is 4.08. The van der Waals surface area contributed by atoms with E-state index < -0.39 is 0 Å². The number of rotatable bonds is 2. The summed E-state index contributed by atoms with van der Waals surface area (Å²) in [7, 11) is 0. The summed E-state index contributed by atoms with van der Waals surface area (Å²) in [6.07, 6.45) is 0.853. The summed E-state index contributed by atoms with van der Waals surface area (Å²) in [6, 6.07) is 9.76. The summed E-state index contributed by atoms with van der Waals surface area (Å²) in [5, 5.41) is 4.38. The van der Waals surface area contributed by atoms with Gasteiger partial charge in [0.05, 0.1) is 5.69 Å². The molecule has 21 heavy (non-hydrogen) atoms. The molecular weight excluding hydrogens is 332 g/mol. The Morgan fingerprint density at radius 2 is 2.10 bits per heavy atom. The van der Waals surface area contributed by atoms with E-state index >= 15 is 0 Å². The van der Waals surface area contributed by atoms with Gasteiger partial charge in [-0.15, -0.1) is 0 Å². The Labute approximate surface area is 131 Å². The normalized spacial score (nSPS) is 18.2. The number of halogens is 1. The highest BCUT2D eigenvalue weighted by Gasteiger charge is 2.27. The monoisotopic (exact) mass is 348 g/mol. The molecule has 5 nitrogen and oxygen atoms in total. The molecule has 1 aromatic carbocycles. The van der Waals surface area contributed by atoms with Crippen molar-refractivity contribution in [2.24, 2.45) is 5.73 Å². The van der Waals surface area contributed by atoms with Crippen LogP contribution in [0, 0.1) is 6.92 Å². The number of likely N-dealkylation sites (tertiary alicyclic amines) is 1. The third-order valence-electron chi connectivity index (χ3n) is 3.69. The van der Waals surface area contributed by atoms with Gasteiger partial charge in [-0.1, -0.05) is 17.7 Å². The Bertz CT molecular complexity index is 665. The van der Waals surface area contributed by atoms with E-state index in [1.165, 1.54) is 5.56 Å². The maximum Gasteiger partial charge on any atom is 0.272 e. The molecule has 1 aromatic heterocycles. The molecule has 0 saturated carbocycles.